The summed E-state index contributed by atoms with van der Waals surface area (Å²) >= 11 is 0. The third-order valence-electron chi connectivity index (χ3n) is 3.52. The van der Waals surface area contributed by atoms with Gasteiger partial charge in [0.05, 0.1) is 0 Å². The highest BCUT2D eigenvalue weighted by atomic mass is 16.2. The first-order valence-corrected chi connectivity index (χ1v) is 6.19. The van der Waals surface area contributed by atoms with Gasteiger partial charge in [-0.3, -0.25) is 9.48 Å². The number of carbonyl (C=O) groups is 1. The molecule has 5 heteroatoms. The Morgan fingerprint density at radius 3 is 2.76 bits per heavy atom. The SMILES string of the molecule is Cn1nccc1C(=O)N1CCC(CCN)CC1. The predicted molar refractivity (Wildman–Crippen MR) is 65.5 cm³/mol. The number of nitrogens with zero attached hydrogens (tertiary/aromatic N) is 3. The van der Waals surface area contributed by atoms with Gasteiger partial charge in [-0.25, -0.2) is 0 Å². The second kappa shape index (κ2) is 5.31. The van der Waals surface area contributed by atoms with Gasteiger partial charge < -0.3 is 10.6 Å². The van der Waals surface area contributed by atoms with Crippen LogP contribution in [0.3, 0.4) is 0 Å². The molecule has 0 bridgehead atoms. The van der Waals surface area contributed by atoms with E-state index in [0.717, 1.165) is 38.9 Å². The van der Waals surface area contributed by atoms with Crippen LogP contribution in [0, 0.1) is 5.92 Å². The van der Waals surface area contributed by atoms with Gasteiger partial charge in [0.15, 0.2) is 0 Å². The van der Waals surface area contributed by atoms with Crippen molar-refractivity contribution in [3.63, 3.8) is 0 Å². The van der Waals surface area contributed by atoms with Gasteiger partial charge in [-0.2, -0.15) is 5.10 Å². The van der Waals surface area contributed by atoms with Crippen molar-refractivity contribution in [3.8, 4) is 0 Å². The smallest absolute Gasteiger partial charge is 0.272 e. The summed E-state index contributed by atoms with van der Waals surface area (Å²) in [7, 11) is 1.80. The van der Waals surface area contributed by atoms with E-state index in [0.29, 0.717) is 11.6 Å². The Labute approximate surface area is 102 Å². The molecule has 94 valence electrons. The Kier molecular flexibility index (Phi) is 3.78. The van der Waals surface area contributed by atoms with Gasteiger partial charge in [0.2, 0.25) is 0 Å². The number of amides is 1. The highest BCUT2D eigenvalue weighted by molar-refractivity contribution is 5.92. The fraction of sp³-hybridized carbons (Fsp3) is 0.667. The summed E-state index contributed by atoms with van der Waals surface area (Å²) in [6.07, 6.45) is 4.88. The number of piperidine rings is 1. The zero-order valence-electron chi connectivity index (χ0n) is 10.3. The van der Waals surface area contributed by atoms with E-state index in [2.05, 4.69) is 5.10 Å². The minimum absolute atomic E-state index is 0.0937. The quantitative estimate of drug-likeness (QED) is 0.836. The molecule has 2 N–H and O–H groups in total. The lowest BCUT2D eigenvalue weighted by molar-refractivity contribution is 0.0677. The van der Waals surface area contributed by atoms with Gasteiger partial charge in [0.25, 0.3) is 5.91 Å². The van der Waals surface area contributed by atoms with Crippen LogP contribution in [0.4, 0.5) is 0 Å². The molecule has 0 saturated carbocycles. The van der Waals surface area contributed by atoms with Crippen molar-refractivity contribution < 1.29 is 4.79 Å². The minimum atomic E-state index is 0.0937. The molecular formula is C12H20N4O. The van der Waals surface area contributed by atoms with E-state index in [4.69, 9.17) is 5.73 Å². The fourth-order valence-electron chi connectivity index (χ4n) is 2.41. The van der Waals surface area contributed by atoms with Crippen LogP contribution in [-0.2, 0) is 7.05 Å². The molecule has 0 unspecified atom stereocenters. The van der Waals surface area contributed by atoms with Crippen molar-refractivity contribution in [1.82, 2.24) is 14.7 Å². The van der Waals surface area contributed by atoms with Gasteiger partial charge in [0, 0.05) is 26.3 Å². The topological polar surface area (TPSA) is 64.2 Å². The van der Waals surface area contributed by atoms with Crippen molar-refractivity contribution in [2.24, 2.45) is 18.7 Å². The molecular weight excluding hydrogens is 216 g/mol. The molecule has 0 atom stereocenters. The molecule has 5 nitrogen and oxygen atoms in total. The van der Waals surface area contributed by atoms with E-state index < -0.39 is 0 Å². The zero-order chi connectivity index (χ0) is 12.3. The Morgan fingerprint density at radius 2 is 2.24 bits per heavy atom. The van der Waals surface area contributed by atoms with Crippen molar-refractivity contribution in [3.05, 3.63) is 18.0 Å². The van der Waals surface area contributed by atoms with Crippen LogP contribution in [-0.4, -0.2) is 40.2 Å². The number of likely N-dealkylation sites (tertiary alicyclic amines) is 1. The summed E-state index contributed by atoms with van der Waals surface area (Å²) in [4.78, 5) is 14.1. The number of aryl methyl sites for hydroxylation is 1. The van der Waals surface area contributed by atoms with Gasteiger partial charge in [-0.1, -0.05) is 0 Å². The normalized spacial score (nSPS) is 17.4. The van der Waals surface area contributed by atoms with Crippen molar-refractivity contribution >= 4 is 5.91 Å². The summed E-state index contributed by atoms with van der Waals surface area (Å²) < 4.78 is 1.63. The van der Waals surface area contributed by atoms with Crippen LogP contribution >= 0.6 is 0 Å². The van der Waals surface area contributed by atoms with E-state index in [1.165, 1.54) is 0 Å². The number of hydrogen-bond donors (Lipinski definition) is 1. The molecule has 1 amide bonds. The molecule has 1 aromatic rings. The Morgan fingerprint density at radius 1 is 1.53 bits per heavy atom. The fourth-order valence-corrected chi connectivity index (χ4v) is 2.41. The molecule has 1 aliphatic rings. The van der Waals surface area contributed by atoms with Crippen molar-refractivity contribution in [1.29, 1.82) is 0 Å². The van der Waals surface area contributed by atoms with Crippen LogP contribution in [0.5, 0.6) is 0 Å². The average molecular weight is 236 g/mol. The Bertz CT molecular complexity index is 380. The third-order valence-corrected chi connectivity index (χ3v) is 3.52. The van der Waals surface area contributed by atoms with Crippen molar-refractivity contribution in [2.45, 2.75) is 19.3 Å². The first-order valence-electron chi connectivity index (χ1n) is 6.19. The lowest BCUT2D eigenvalue weighted by Gasteiger charge is -2.31. The summed E-state index contributed by atoms with van der Waals surface area (Å²) in [5.41, 5.74) is 6.23. The molecule has 1 aliphatic heterocycles. The third kappa shape index (κ3) is 2.66. The van der Waals surface area contributed by atoms with Crippen molar-refractivity contribution in [2.75, 3.05) is 19.6 Å². The summed E-state index contributed by atoms with van der Waals surface area (Å²) in [6, 6.07) is 1.77. The van der Waals surface area contributed by atoms with Crippen LogP contribution in [0.15, 0.2) is 12.3 Å². The summed E-state index contributed by atoms with van der Waals surface area (Å²) in [5, 5.41) is 4.03. The van der Waals surface area contributed by atoms with Gasteiger partial charge in [-0.05, 0) is 37.8 Å². The van der Waals surface area contributed by atoms with Crippen LogP contribution < -0.4 is 5.73 Å². The highest BCUT2D eigenvalue weighted by Gasteiger charge is 2.24. The first-order chi connectivity index (χ1) is 8.22. The zero-order valence-corrected chi connectivity index (χ0v) is 10.3. The van der Waals surface area contributed by atoms with E-state index in [1.807, 2.05) is 4.90 Å². The predicted octanol–water partition coefficient (Wildman–Crippen LogP) is 0.621. The van der Waals surface area contributed by atoms with E-state index in [1.54, 1.807) is 24.0 Å². The lowest BCUT2D eigenvalue weighted by atomic mass is 9.93. The number of hydrogen-bond acceptors (Lipinski definition) is 3. The van der Waals surface area contributed by atoms with Gasteiger partial charge in [-0.15, -0.1) is 0 Å². The minimum Gasteiger partial charge on any atom is -0.337 e. The summed E-state index contributed by atoms with van der Waals surface area (Å²) in [6.45, 7) is 2.43. The van der Waals surface area contributed by atoms with Gasteiger partial charge >= 0.3 is 0 Å². The molecule has 17 heavy (non-hydrogen) atoms. The molecule has 1 fully saturated rings. The molecule has 2 heterocycles. The standard InChI is InChI=1S/C12H20N4O/c1-15-11(3-7-14-15)12(17)16-8-4-10(2-6-13)5-9-16/h3,7,10H,2,4-6,8-9,13H2,1H3. The lowest BCUT2D eigenvalue weighted by Crippen LogP contribution is -2.39. The molecule has 0 aliphatic carbocycles. The van der Waals surface area contributed by atoms with E-state index in [9.17, 15) is 4.79 Å². The Balaban J connectivity index is 1.93. The highest BCUT2D eigenvalue weighted by Crippen LogP contribution is 2.21. The number of aromatic nitrogens is 2. The van der Waals surface area contributed by atoms with Crippen LogP contribution in [0.25, 0.3) is 0 Å². The van der Waals surface area contributed by atoms with Crippen LogP contribution in [0.1, 0.15) is 29.8 Å². The summed E-state index contributed by atoms with van der Waals surface area (Å²) in [5.74, 6) is 0.784. The molecule has 1 aromatic heterocycles. The van der Waals surface area contributed by atoms with E-state index >= 15 is 0 Å². The molecule has 0 aromatic carbocycles. The molecule has 0 spiro atoms. The first kappa shape index (κ1) is 12.1. The average Bonchev–Trinajstić information content (AvgIpc) is 2.76. The van der Waals surface area contributed by atoms with Gasteiger partial charge in [0.1, 0.15) is 5.69 Å². The van der Waals surface area contributed by atoms with Crippen LogP contribution in [0.2, 0.25) is 0 Å². The number of carbonyl (C=O) groups excluding carboxylic acids is 1. The monoisotopic (exact) mass is 236 g/mol. The maximum atomic E-state index is 12.2. The maximum absolute atomic E-state index is 12.2. The molecule has 1 saturated heterocycles. The molecule has 0 radical (unpaired) electrons. The maximum Gasteiger partial charge on any atom is 0.272 e. The Hall–Kier alpha value is -1.36. The molecule has 2 rings (SSSR count). The second-order valence-corrected chi connectivity index (χ2v) is 4.65. The largest absolute Gasteiger partial charge is 0.337 e. The number of rotatable bonds is 3. The van der Waals surface area contributed by atoms with E-state index in [-0.39, 0.29) is 5.91 Å². The number of nitrogens with two attached hydrogens (primary N) is 1. The second-order valence-electron chi connectivity index (χ2n) is 4.65.